The number of hydrogen-bond acceptors (Lipinski definition) is 3. The van der Waals surface area contributed by atoms with Crippen molar-refractivity contribution < 1.29 is 9.90 Å². The summed E-state index contributed by atoms with van der Waals surface area (Å²) < 4.78 is 1.71. The summed E-state index contributed by atoms with van der Waals surface area (Å²) in [5, 5.41) is 17.5. The Bertz CT molecular complexity index is 699. The van der Waals surface area contributed by atoms with Crippen LogP contribution in [0.25, 0.3) is 10.9 Å². The highest BCUT2D eigenvalue weighted by atomic mass is 35.5. The van der Waals surface area contributed by atoms with E-state index in [1.807, 2.05) is 19.2 Å². The lowest BCUT2D eigenvalue weighted by atomic mass is 9.85. The predicted molar refractivity (Wildman–Crippen MR) is 84.7 cm³/mol. The molecule has 6 heteroatoms. The summed E-state index contributed by atoms with van der Waals surface area (Å²) in [6.07, 6.45) is -1.10. The molecule has 2 rings (SSSR count). The summed E-state index contributed by atoms with van der Waals surface area (Å²) >= 11 is 6.29. The maximum absolute atomic E-state index is 11.7. The zero-order valence-electron chi connectivity index (χ0n) is 12.9. The summed E-state index contributed by atoms with van der Waals surface area (Å²) in [5.41, 5.74) is 1.90. The van der Waals surface area contributed by atoms with Gasteiger partial charge in [-0.2, -0.15) is 5.10 Å². The number of nitrogens with one attached hydrogen (secondary N) is 1. The predicted octanol–water partition coefficient (Wildman–Crippen LogP) is 2.84. The van der Waals surface area contributed by atoms with Crippen LogP contribution in [0, 0.1) is 0 Å². The number of aliphatic hydroxyl groups excluding tert-OH is 1. The molecule has 0 saturated carbocycles. The molecule has 1 atom stereocenters. The molecule has 0 spiro atoms. The van der Waals surface area contributed by atoms with E-state index in [1.165, 1.54) is 6.92 Å². The Morgan fingerprint density at radius 1 is 1.43 bits per heavy atom. The first-order chi connectivity index (χ1) is 9.62. The van der Waals surface area contributed by atoms with E-state index in [-0.39, 0.29) is 5.41 Å². The highest BCUT2D eigenvalue weighted by Crippen LogP contribution is 2.37. The average Bonchev–Trinajstić information content (AvgIpc) is 2.66. The Morgan fingerprint density at radius 2 is 2.05 bits per heavy atom. The molecular weight excluding hydrogens is 290 g/mol. The number of benzene rings is 1. The number of aryl methyl sites for hydroxylation is 1. The largest absolute Gasteiger partial charge is 0.384 e. The van der Waals surface area contributed by atoms with Crippen LogP contribution >= 0.6 is 11.6 Å². The first-order valence-electron chi connectivity index (χ1n) is 6.77. The number of aromatic nitrogens is 2. The van der Waals surface area contributed by atoms with Gasteiger partial charge in [-0.15, -0.1) is 0 Å². The minimum atomic E-state index is -1.10. The Morgan fingerprint density at radius 3 is 2.57 bits per heavy atom. The van der Waals surface area contributed by atoms with Crippen LogP contribution in [0.1, 0.15) is 33.3 Å². The van der Waals surface area contributed by atoms with Gasteiger partial charge < -0.3 is 10.4 Å². The fourth-order valence-corrected chi connectivity index (χ4v) is 2.53. The molecule has 0 aliphatic rings. The number of anilines is 1. The molecule has 2 aromatic rings. The van der Waals surface area contributed by atoms with Crippen LogP contribution in [0.15, 0.2) is 12.1 Å². The maximum Gasteiger partial charge on any atom is 0.254 e. The lowest BCUT2D eigenvalue weighted by molar-refractivity contribution is -0.123. The Balaban J connectivity index is 2.69. The molecule has 1 aromatic heterocycles. The normalized spacial score (nSPS) is 13.5. The van der Waals surface area contributed by atoms with Crippen molar-refractivity contribution in [2.24, 2.45) is 7.05 Å². The lowest BCUT2D eigenvalue weighted by Gasteiger charge is -2.20. The molecule has 0 unspecified atom stereocenters. The number of halogens is 1. The van der Waals surface area contributed by atoms with Crippen molar-refractivity contribution in [3.63, 3.8) is 0 Å². The van der Waals surface area contributed by atoms with Crippen LogP contribution in [0.3, 0.4) is 0 Å². The average molecular weight is 310 g/mol. The van der Waals surface area contributed by atoms with Gasteiger partial charge in [0.15, 0.2) is 5.82 Å². The number of carbonyl (C=O) groups excluding carboxylic acids is 1. The summed E-state index contributed by atoms with van der Waals surface area (Å²) in [4.78, 5) is 11.7. The third-order valence-corrected chi connectivity index (χ3v) is 3.68. The van der Waals surface area contributed by atoms with E-state index in [2.05, 4.69) is 31.2 Å². The van der Waals surface area contributed by atoms with Gasteiger partial charge in [-0.1, -0.05) is 38.4 Å². The summed E-state index contributed by atoms with van der Waals surface area (Å²) in [5.74, 6) is -0.137. The van der Waals surface area contributed by atoms with Gasteiger partial charge in [0.25, 0.3) is 5.91 Å². The Kier molecular flexibility index (Phi) is 4.00. The van der Waals surface area contributed by atoms with E-state index in [0.717, 1.165) is 11.1 Å². The topological polar surface area (TPSA) is 67.2 Å². The third kappa shape index (κ3) is 2.89. The molecule has 1 heterocycles. The first-order valence-corrected chi connectivity index (χ1v) is 7.15. The standard InChI is InChI=1S/C15H20ClN3O2/c1-8(20)14(21)17-13-11-10(16)7-6-9(15(2,3)4)12(11)19(5)18-13/h6-8,20H,1-5H3,(H,17,18,21)/t8-/m0/s1. The lowest BCUT2D eigenvalue weighted by Crippen LogP contribution is -2.24. The van der Waals surface area contributed by atoms with Crippen LogP contribution in [-0.2, 0) is 17.3 Å². The molecule has 0 bridgehead atoms. The van der Waals surface area contributed by atoms with Crippen molar-refractivity contribution in [3.8, 4) is 0 Å². The minimum Gasteiger partial charge on any atom is -0.384 e. The monoisotopic (exact) mass is 309 g/mol. The second-order valence-electron chi connectivity index (χ2n) is 6.21. The van der Waals surface area contributed by atoms with Crippen molar-refractivity contribution in [1.82, 2.24) is 9.78 Å². The van der Waals surface area contributed by atoms with Crippen LogP contribution < -0.4 is 5.32 Å². The molecule has 1 aromatic carbocycles. The van der Waals surface area contributed by atoms with E-state index >= 15 is 0 Å². The number of rotatable bonds is 2. The number of hydrogen-bond donors (Lipinski definition) is 2. The number of nitrogens with zero attached hydrogens (tertiary/aromatic N) is 2. The van der Waals surface area contributed by atoms with Crippen molar-refractivity contribution in [2.45, 2.75) is 39.2 Å². The molecule has 0 fully saturated rings. The Labute approximate surface area is 128 Å². The van der Waals surface area contributed by atoms with Gasteiger partial charge in [0, 0.05) is 7.05 Å². The van der Waals surface area contributed by atoms with Crippen LogP contribution in [0.5, 0.6) is 0 Å². The Hall–Kier alpha value is -1.59. The van der Waals surface area contributed by atoms with Crippen molar-refractivity contribution in [3.05, 3.63) is 22.7 Å². The van der Waals surface area contributed by atoms with E-state index in [0.29, 0.717) is 16.2 Å². The fraction of sp³-hybridized carbons (Fsp3) is 0.467. The summed E-state index contributed by atoms with van der Waals surface area (Å²) in [7, 11) is 1.81. The van der Waals surface area contributed by atoms with Gasteiger partial charge in [0.2, 0.25) is 0 Å². The highest BCUT2D eigenvalue weighted by molar-refractivity contribution is 6.36. The van der Waals surface area contributed by atoms with Gasteiger partial charge >= 0.3 is 0 Å². The SMILES string of the molecule is C[C@H](O)C(=O)Nc1nn(C)c2c(C(C)(C)C)ccc(Cl)c12. The van der Waals surface area contributed by atoms with Gasteiger partial charge in [-0.3, -0.25) is 9.48 Å². The number of amides is 1. The molecule has 0 saturated heterocycles. The van der Waals surface area contributed by atoms with Gasteiger partial charge in [0.05, 0.1) is 15.9 Å². The molecule has 21 heavy (non-hydrogen) atoms. The van der Waals surface area contributed by atoms with Gasteiger partial charge in [-0.05, 0) is 24.0 Å². The van der Waals surface area contributed by atoms with Crippen molar-refractivity contribution in [2.75, 3.05) is 5.32 Å². The quantitative estimate of drug-likeness (QED) is 0.896. The van der Waals surface area contributed by atoms with E-state index in [9.17, 15) is 9.90 Å². The second kappa shape index (κ2) is 5.31. The molecule has 0 radical (unpaired) electrons. The molecule has 1 amide bonds. The van der Waals surface area contributed by atoms with Crippen molar-refractivity contribution >= 4 is 34.2 Å². The maximum atomic E-state index is 11.7. The minimum absolute atomic E-state index is 0.0812. The molecule has 0 aliphatic heterocycles. The van der Waals surface area contributed by atoms with Crippen LogP contribution in [0.4, 0.5) is 5.82 Å². The van der Waals surface area contributed by atoms with Crippen LogP contribution in [-0.4, -0.2) is 26.9 Å². The summed E-state index contributed by atoms with van der Waals surface area (Å²) in [6, 6.07) is 3.79. The van der Waals surface area contributed by atoms with E-state index in [1.54, 1.807) is 4.68 Å². The highest BCUT2D eigenvalue weighted by Gasteiger charge is 2.24. The zero-order valence-corrected chi connectivity index (χ0v) is 13.6. The smallest absolute Gasteiger partial charge is 0.254 e. The second-order valence-corrected chi connectivity index (χ2v) is 6.61. The van der Waals surface area contributed by atoms with Gasteiger partial charge in [0.1, 0.15) is 6.10 Å². The number of fused-ring (bicyclic) bond motifs is 1. The first kappa shape index (κ1) is 15.8. The third-order valence-electron chi connectivity index (χ3n) is 3.37. The van der Waals surface area contributed by atoms with E-state index < -0.39 is 12.0 Å². The zero-order chi connectivity index (χ0) is 15.9. The fourth-order valence-electron chi connectivity index (χ4n) is 2.29. The molecule has 114 valence electrons. The summed E-state index contributed by atoms with van der Waals surface area (Å²) in [6.45, 7) is 7.73. The van der Waals surface area contributed by atoms with Gasteiger partial charge in [-0.25, -0.2) is 0 Å². The number of aliphatic hydroxyl groups is 1. The molecule has 5 nitrogen and oxygen atoms in total. The van der Waals surface area contributed by atoms with Crippen LogP contribution in [0.2, 0.25) is 5.02 Å². The molecular formula is C15H20ClN3O2. The number of carbonyl (C=O) groups is 1. The van der Waals surface area contributed by atoms with E-state index in [4.69, 9.17) is 11.6 Å². The molecule has 2 N–H and O–H groups in total. The van der Waals surface area contributed by atoms with Crippen molar-refractivity contribution in [1.29, 1.82) is 0 Å². The molecule has 0 aliphatic carbocycles.